The minimum Gasteiger partial charge on any atom is -0.494 e. The van der Waals surface area contributed by atoms with E-state index in [-0.39, 0.29) is 11.7 Å². The molecule has 3 heterocycles. The van der Waals surface area contributed by atoms with Crippen molar-refractivity contribution in [3.63, 3.8) is 0 Å². The molecule has 0 amide bonds. The standard InChI is InChI=1S/C33H31N3O4S2/c1-6-39-23-14-12-22(13-15-23)30-29(32(38)40-19(2)3)20(4)34-33-36(30)31(37)28(42-33)18-21-11-16-25-27(17-21)41-26-10-8-7-9-24(26)35(25)5/h7-19,30H,6H2,1-5H3/b28-18-/t30-/m0/s1. The van der Waals surface area contributed by atoms with Crippen LogP contribution in [0.3, 0.4) is 0 Å². The zero-order valence-electron chi connectivity index (χ0n) is 24.1. The maximum Gasteiger partial charge on any atom is 0.338 e. The Bertz CT molecular complexity index is 1900. The van der Waals surface area contributed by atoms with Crippen LogP contribution in [-0.2, 0) is 9.53 Å². The fourth-order valence-electron chi connectivity index (χ4n) is 5.29. The first-order valence-electron chi connectivity index (χ1n) is 13.9. The summed E-state index contributed by atoms with van der Waals surface area (Å²) in [6.07, 6.45) is 1.60. The zero-order chi connectivity index (χ0) is 29.5. The van der Waals surface area contributed by atoms with Crippen molar-refractivity contribution >= 4 is 46.5 Å². The Hall–Kier alpha value is -4.08. The lowest BCUT2D eigenvalue weighted by atomic mass is 9.96. The van der Waals surface area contributed by atoms with Crippen molar-refractivity contribution in [3.8, 4) is 5.75 Å². The summed E-state index contributed by atoms with van der Waals surface area (Å²) in [5.41, 5.74) is 4.70. The molecule has 0 spiro atoms. The number of rotatable bonds is 6. The average Bonchev–Trinajstić information content (AvgIpc) is 3.26. The van der Waals surface area contributed by atoms with E-state index in [1.165, 1.54) is 21.9 Å². The number of aromatic nitrogens is 1. The molecule has 3 aromatic carbocycles. The molecule has 0 radical (unpaired) electrons. The van der Waals surface area contributed by atoms with Gasteiger partial charge in [-0.05, 0) is 81.3 Å². The third kappa shape index (κ3) is 5.07. The largest absolute Gasteiger partial charge is 0.494 e. The maximum atomic E-state index is 14.0. The predicted molar refractivity (Wildman–Crippen MR) is 168 cm³/mol. The van der Waals surface area contributed by atoms with E-state index in [9.17, 15) is 9.59 Å². The van der Waals surface area contributed by atoms with Crippen LogP contribution in [0.2, 0.25) is 0 Å². The molecule has 9 heteroatoms. The maximum absolute atomic E-state index is 14.0. The number of para-hydroxylation sites is 1. The highest BCUT2D eigenvalue weighted by Crippen LogP contribution is 2.47. The van der Waals surface area contributed by atoms with Crippen LogP contribution in [0.5, 0.6) is 5.75 Å². The van der Waals surface area contributed by atoms with E-state index in [1.807, 2.05) is 69.3 Å². The number of hydrogen-bond acceptors (Lipinski definition) is 8. The van der Waals surface area contributed by atoms with E-state index in [1.54, 1.807) is 23.3 Å². The van der Waals surface area contributed by atoms with Crippen molar-refractivity contribution in [2.24, 2.45) is 4.99 Å². The van der Waals surface area contributed by atoms with Gasteiger partial charge in [0.2, 0.25) is 0 Å². The average molecular weight is 598 g/mol. The molecule has 0 saturated carbocycles. The summed E-state index contributed by atoms with van der Waals surface area (Å²) in [4.78, 5) is 37.2. The molecule has 6 rings (SSSR count). The van der Waals surface area contributed by atoms with Crippen LogP contribution in [0.15, 0.2) is 97.6 Å². The molecule has 1 atom stereocenters. The molecule has 42 heavy (non-hydrogen) atoms. The topological polar surface area (TPSA) is 73.1 Å². The number of hydrogen-bond donors (Lipinski definition) is 0. The van der Waals surface area contributed by atoms with Gasteiger partial charge < -0.3 is 14.4 Å². The van der Waals surface area contributed by atoms with Crippen molar-refractivity contribution in [2.75, 3.05) is 18.6 Å². The molecule has 0 aliphatic carbocycles. The molecule has 1 aromatic heterocycles. The third-order valence-electron chi connectivity index (χ3n) is 7.18. The summed E-state index contributed by atoms with van der Waals surface area (Å²) in [5.74, 6) is 0.245. The van der Waals surface area contributed by atoms with Crippen LogP contribution in [0.25, 0.3) is 6.08 Å². The Morgan fingerprint density at radius 3 is 2.52 bits per heavy atom. The van der Waals surface area contributed by atoms with Crippen molar-refractivity contribution in [1.82, 2.24) is 4.57 Å². The summed E-state index contributed by atoms with van der Waals surface area (Å²) in [5, 5.41) is 0. The number of allylic oxidation sites excluding steroid dienone is 1. The van der Waals surface area contributed by atoms with Gasteiger partial charge in [0, 0.05) is 16.8 Å². The highest BCUT2D eigenvalue weighted by atomic mass is 32.2. The second-order valence-electron chi connectivity index (χ2n) is 10.4. The summed E-state index contributed by atoms with van der Waals surface area (Å²) in [7, 11) is 2.07. The van der Waals surface area contributed by atoms with Crippen LogP contribution in [0.1, 0.15) is 44.9 Å². The molecular weight excluding hydrogens is 567 g/mol. The first-order valence-corrected chi connectivity index (χ1v) is 15.5. The molecule has 4 aromatic rings. The van der Waals surface area contributed by atoms with Crippen molar-refractivity contribution < 1.29 is 14.3 Å². The van der Waals surface area contributed by atoms with E-state index in [4.69, 9.17) is 14.5 Å². The molecule has 2 aliphatic heterocycles. The smallest absolute Gasteiger partial charge is 0.338 e. The lowest BCUT2D eigenvalue weighted by Gasteiger charge is -2.29. The minimum atomic E-state index is -0.672. The fraction of sp³-hybridized carbons (Fsp3) is 0.242. The van der Waals surface area contributed by atoms with Gasteiger partial charge in [0.25, 0.3) is 5.56 Å². The van der Waals surface area contributed by atoms with Crippen molar-refractivity contribution in [3.05, 3.63) is 109 Å². The Balaban J connectivity index is 1.45. The number of carbonyl (C=O) groups excluding carboxylic acids is 1. The molecule has 214 valence electrons. The van der Waals surface area contributed by atoms with Crippen LogP contribution >= 0.6 is 23.1 Å². The number of nitrogens with zero attached hydrogens (tertiary/aromatic N) is 3. The molecule has 0 unspecified atom stereocenters. The lowest BCUT2D eigenvalue weighted by Crippen LogP contribution is -2.40. The van der Waals surface area contributed by atoms with E-state index in [0.717, 1.165) is 27.5 Å². The second kappa shape index (κ2) is 11.3. The Kier molecular flexibility index (Phi) is 7.55. The van der Waals surface area contributed by atoms with E-state index < -0.39 is 12.0 Å². The van der Waals surface area contributed by atoms with E-state index >= 15 is 0 Å². The van der Waals surface area contributed by atoms with Crippen LogP contribution in [0.4, 0.5) is 11.4 Å². The summed E-state index contributed by atoms with van der Waals surface area (Å²) in [6.45, 7) is 7.88. The van der Waals surface area contributed by atoms with Gasteiger partial charge in [-0.15, -0.1) is 0 Å². The summed E-state index contributed by atoms with van der Waals surface area (Å²) < 4.78 is 13.4. The highest BCUT2D eigenvalue weighted by molar-refractivity contribution is 7.99. The summed E-state index contributed by atoms with van der Waals surface area (Å²) in [6, 6.07) is 21.4. The first-order chi connectivity index (χ1) is 20.2. The number of ether oxygens (including phenoxy) is 2. The van der Waals surface area contributed by atoms with Crippen molar-refractivity contribution in [2.45, 2.75) is 49.6 Å². The molecule has 0 fully saturated rings. The summed E-state index contributed by atoms with van der Waals surface area (Å²) >= 11 is 3.05. The van der Waals surface area contributed by atoms with Gasteiger partial charge in [-0.1, -0.05) is 53.4 Å². The number of esters is 1. The van der Waals surface area contributed by atoms with E-state index in [0.29, 0.717) is 27.2 Å². The molecule has 0 bridgehead atoms. The number of fused-ring (bicyclic) bond motifs is 3. The SMILES string of the molecule is CCOc1ccc([C@H]2C(C(=O)OC(C)C)=C(C)N=c3s/c(=C\c4ccc5c(c4)Sc4ccccc4N5C)c(=O)n32)cc1. The normalized spacial score (nSPS) is 16.1. The highest BCUT2D eigenvalue weighted by Gasteiger charge is 2.34. The monoisotopic (exact) mass is 597 g/mol. The van der Waals surface area contributed by atoms with E-state index in [2.05, 4.69) is 36.2 Å². The van der Waals surface area contributed by atoms with Gasteiger partial charge in [0.05, 0.1) is 45.9 Å². The molecule has 0 N–H and O–H groups in total. The molecule has 0 saturated heterocycles. The molecule has 2 aliphatic rings. The number of thiazole rings is 1. The van der Waals surface area contributed by atoms with Crippen LogP contribution in [-0.4, -0.2) is 30.3 Å². The van der Waals surface area contributed by atoms with Gasteiger partial charge in [0.15, 0.2) is 4.80 Å². The van der Waals surface area contributed by atoms with Gasteiger partial charge in [-0.25, -0.2) is 9.79 Å². The van der Waals surface area contributed by atoms with Crippen LogP contribution < -0.4 is 24.5 Å². The van der Waals surface area contributed by atoms with Crippen molar-refractivity contribution in [1.29, 1.82) is 0 Å². The lowest BCUT2D eigenvalue weighted by molar-refractivity contribution is -0.143. The van der Waals surface area contributed by atoms with Gasteiger partial charge >= 0.3 is 5.97 Å². The number of carbonyl (C=O) groups is 1. The second-order valence-corrected chi connectivity index (χ2v) is 12.5. The van der Waals surface area contributed by atoms with Crippen LogP contribution in [0, 0.1) is 0 Å². The third-order valence-corrected chi connectivity index (χ3v) is 9.28. The van der Waals surface area contributed by atoms with Gasteiger partial charge in [0.1, 0.15) is 5.75 Å². The fourth-order valence-corrected chi connectivity index (χ4v) is 7.53. The Labute approximate surface area is 252 Å². The molecular formula is C33H31N3O4S2. The number of benzene rings is 3. The Morgan fingerprint density at radius 2 is 1.79 bits per heavy atom. The minimum absolute atomic E-state index is 0.201. The quantitative estimate of drug-likeness (QED) is 0.261. The zero-order valence-corrected chi connectivity index (χ0v) is 25.7. The van der Waals surface area contributed by atoms with Gasteiger partial charge in [-0.2, -0.15) is 0 Å². The Morgan fingerprint density at radius 1 is 1.05 bits per heavy atom. The first kappa shape index (κ1) is 28.1. The van der Waals surface area contributed by atoms with Gasteiger partial charge in [-0.3, -0.25) is 9.36 Å². The predicted octanol–water partition coefficient (Wildman–Crippen LogP) is 5.82. The molecule has 7 nitrogen and oxygen atoms in total. The number of anilines is 2.